The van der Waals surface area contributed by atoms with Gasteiger partial charge in [-0.1, -0.05) is 26.8 Å². The van der Waals surface area contributed by atoms with E-state index < -0.39 is 0 Å². The van der Waals surface area contributed by atoms with E-state index in [4.69, 9.17) is 10.5 Å². The Labute approximate surface area is 130 Å². The van der Waals surface area contributed by atoms with Crippen LogP contribution in [-0.4, -0.2) is 12.1 Å². The molecule has 21 heavy (non-hydrogen) atoms. The van der Waals surface area contributed by atoms with Gasteiger partial charge in [-0.3, -0.25) is 0 Å². The van der Waals surface area contributed by atoms with Crippen LogP contribution in [0.15, 0.2) is 12.1 Å². The Kier molecular flexibility index (Phi) is 4.67. The predicted octanol–water partition coefficient (Wildman–Crippen LogP) is 4.53. The van der Waals surface area contributed by atoms with Crippen molar-refractivity contribution in [3.8, 4) is 5.75 Å². The van der Waals surface area contributed by atoms with Crippen LogP contribution in [0.3, 0.4) is 0 Å². The standard InChI is InChI=1S/C19H31NO/c1-12-9-13(2)14(3)17(10-12)21-18-11-15(19(4,5)6)7-8-16(18)20/h9-10,15-16,18H,7-8,11,20H2,1-6H3. The molecule has 118 valence electrons. The van der Waals surface area contributed by atoms with Crippen molar-refractivity contribution < 1.29 is 4.74 Å². The molecule has 0 spiro atoms. The lowest BCUT2D eigenvalue weighted by Crippen LogP contribution is -2.46. The van der Waals surface area contributed by atoms with Gasteiger partial charge < -0.3 is 10.5 Å². The van der Waals surface area contributed by atoms with E-state index in [9.17, 15) is 0 Å². The third kappa shape index (κ3) is 3.79. The van der Waals surface area contributed by atoms with Crippen molar-refractivity contribution in [1.82, 2.24) is 0 Å². The molecule has 2 heteroatoms. The molecule has 3 unspecified atom stereocenters. The van der Waals surface area contributed by atoms with Gasteiger partial charge in [-0.25, -0.2) is 0 Å². The minimum atomic E-state index is 0.142. The molecule has 0 heterocycles. The molecule has 2 N–H and O–H groups in total. The topological polar surface area (TPSA) is 35.2 Å². The van der Waals surface area contributed by atoms with Gasteiger partial charge in [0.2, 0.25) is 0 Å². The van der Waals surface area contributed by atoms with Gasteiger partial charge in [-0.05, 0) is 74.1 Å². The van der Waals surface area contributed by atoms with Crippen LogP contribution in [0.5, 0.6) is 5.75 Å². The molecule has 1 aromatic carbocycles. The van der Waals surface area contributed by atoms with E-state index in [0.717, 1.165) is 18.6 Å². The molecule has 2 nitrogen and oxygen atoms in total. The van der Waals surface area contributed by atoms with Gasteiger partial charge in [0.15, 0.2) is 0 Å². The molecule has 0 aromatic heterocycles. The summed E-state index contributed by atoms with van der Waals surface area (Å²) in [6, 6.07) is 4.51. The molecule has 0 aliphatic heterocycles. The Hall–Kier alpha value is -1.02. The van der Waals surface area contributed by atoms with Crippen molar-refractivity contribution in [2.45, 2.75) is 73.0 Å². The molecular weight excluding hydrogens is 258 g/mol. The van der Waals surface area contributed by atoms with Crippen LogP contribution in [0.1, 0.15) is 56.7 Å². The summed E-state index contributed by atoms with van der Waals surface area (Å²) in [7, 11) is 0. The summed E-state index contributed by atoms with van der Waals surface area (Å²) in [6.45, 7) is 13.4. The SMILES string of the molecule is Cc1cc(C)c(C)c(OC2CC(C(C)(C)C)CCC2N)c1. The first kappa shape index (κ1) is 16.4. The van der Waals surface area contributed by atoms with E-state index >= 15 is 0 Å². The fourth-order valence-electron chi connectivity index (χ4n) is 3.36. The van der Waals surface area contributed by atoms with Gasteiger partial charge >= 0.3 is 0 Å². The van der Waals surface area contributed by atoms with E-state index in [1.165, 1.54) is 23.1 Å². The van der Waals surface area contributed by atoms with Gasteiger partial charge in [0, 0.05) is 6.04 Å². The molecule has 0 bridgehead atoms. The fraction of sp³-hybridized carbons (Fsp3) is 0.684. The molecule has 3 atom stereocenters. The monoisotopic (exact) mass is 289 g/mol. The number of aryl methyl sites for hydroxylation is 2. The average Bonchev–Trinajstić information content (AvgIpc) is 2.36. The van der Waals surface area contributed by atoms with Gasteiger partial charge in [0.1, 0.15) is 11.9 Å². The van der Waals surface area contributed by atoms with E-state index in [1.807, 2.05) is 0 Å². The summed E-state index contributed by atoms with van der Waals surface area (Å²) in [4.78, 5) is 0. The predicted molar refractivity (Wildman–Crippen MR) is 89.8 cm³/mol. The van der Waals surface area contributed by atoms with E-state index in [2.05, 4.69) is 53.7 Å². The van der Waals surface area contributed by atoms with Crippen LogP contribution < -0.4 is 10.5 Å². The highest BCUT2D eigenvalue weighted by Gasteiger charge is 2.35. The Bertz CT molecular complexity index is 501. The highest BCUT2D eigenvalue weighted by atomic mass is 16.5. The van der Waals surface area contributed by atoms with Crippen LogP contribution in [0.25, 0.3) is 0 Å². The maximum Gasteiger partial charge on any atom is 0.123 e. The van der Waals surface area contributed by atoms with Gasteiger partial charge in [0.25, 0.3) is 0 Å². The van der Waals surface area contributed by atoms with Crippen LogP contribution >= 0.6 is 0 Å². The lowest BCUT2D eigenvalue weighted by atomic mass is 9.70. The Morgan fingerprint density at radius 2 is 1.76 bits per heavy atom. The first-order valence-corrected chi connectivity index (χ1v) is 8.18. The summed E-state index contributed by atoms with van der Waals surface area (Å²) >= 11 is 0. The zero-order chi connectivity index (χ0) is 15.8. The van der Waals surface area contributed by atoms with Gasteiger partial charge in [-0.2, -0.15) is 0 Å². The molecule has 0 radical (unpaired) electrons. The minimum Gasteiger partial charge on any atom is -0.489 e. The van der Waals surface area contributed by atoms with E-state index in [0.29, 0.717) is 11.3 Å². The van der Waals surface area contributed by atoms with Crippen molar-refractivity contribution in [1.29, 1.82) is 0 Å². The Morgan fingerprint density at radius 1 is 1.10 bits per heavy atom. The average molecular weight is 289 g/mol. The van der Waals surface area contributed by atoms with Crippen LogP contribution in [0, 0.1) is 32.1 Å². The number of hydrogen-bond acceptors (Lipinski definition) is 2. The van der Waals surface area contributed by atoms with Crippen molar-refractivity contribution >= 4 is 0 Å². The minimum absolute atomic E-state index is 0.142. The van der Waals surface area contributed by atoms with Crippen molar-refractivity contribution in [2.75, 3.05) is 0 Å². The molecule has 0 amide bonds. The van der Waals surface area contributed by atoms with Gasteiger partial charge in [-0.15, -0.1) is 0 Å². The van der Waals surface area contributed by atoms with Crippen LogP contribution in [0.2, 0.25) is 0 Å². The number of benzene rings is 1. The molecule has 2 rings (SSSR count). The number of nitrogens with two attached hydrogens (primary N) is 1. The fourth-order valence-corrected chi connectivity index (χ4v) is 3.36. The first-order chi connectivity index (χ1) is 9.68. The second kappa shape index (κ2) is 6.00. The lowest BCUT2D eigenvalue weighted by Gasteiger charge is -2.40. The summed E-state index contributed by atoms with van der Waals surface area (Å²) in [5, 5.41) is 0. The van der Waals surface area contributed by atoms with Crippen molar-refractivity contribution in [3.63, 3.8) is 0 Å². The number of hydrogen-bond donors (Lipinski definition) is 1. The Balaban J connectivity index is 2.18. The first-order valence-electron chi connectivity index (χ1n) is 8.18. The molecule has 1 aromatic rings. The maximum absolute atomic E-state index is 6.36. The molecule has 1 aliphatic carbocycles. The third-order valence-electron chi connectivity index (χ3n) is 5.11. The van der Waals surface area contributed by atoms with Crippen LogP contribution in [-0.2, 0) is 0 Å². The van der Waals surface area contributed by atoms with Crippen LogP contribution in [0.4, 0.5) is 0 Å². The summed E-state index contributed by atoms with van der Waals surface area (Å²) in [6.07, 6.45) is 3.49. The lowest BCUT2D eigenvalue weighted by molar-refractivity contribution is 0.0587. The zero-order valence-corrected chi connectivity index (χ0v) is 14.5. The highest BCUT2D eigenvalue weighted by molar-refractivity contribution is 5.42. The highest BCUT2D eigenvalue weighted by Crippen LogP contribution is 2.39. The zero-order valence-electron chi connectivity index (χ0n) is 14.5. The number of ether oxygens (including phenoxy) is 1. The third-order valence-corrected chi connectivity index (χ3v) is 5.11. The van der Waals surface area contributed by atoms with Gasteiger partial charge in [0.05, 0.1) is 0 Å². The molecule has 1 saturated carbocycles. The normalized spacial score (nSPS) is 26.7. The molecule has 1 fully saturated rings. The Morgan fingerprint density at radius 3 is 2.38 bits per heavy atom. The molecule has 0 saturated heterocycles. The molecular formula is C19H31NO. The maximum atomic E-state index is 6.36. The largest absolute Gasteiger partial charge is 0.489 e. The molecule has 1 aliphatic rings. The summed E-state index contributed by atoms with van der Waals surface area (Å²) < 4.78 is 6.36. The summed E-state index contributed by atoms with van der Waals surface area (Å²) in [5.41, 5.74) is 10.5. The van der Waals surface area contributed by atoms with Crippen molar-refractivity contribution in [2.24, 2.45) is 17.1 Å². The second-order valence-corrected chi connectivity index (χ2v) is 7.90. The quantitative estimate of drug-likeness (QED) is 0.868. The van der Waals surface area contributed by atoms with Crippen molar-refractivity contribution in [3.05, 3.63) is 28.8 Å². The summed E-state index contributed by atoms with van der Waals surface area (Å²) in [5.74, 6) is 1.70. The van der Waals surface area contributed by atoms with E-state index in [-0.39, 0.29) is 12.1 Å². The second-order valence-electron chi connectivity index (χ2n) is 7.90. The smallest absolute Gasteiger partial charge is 0.123 e. The van der Waals surface area contributed by atoms with E-state index in [1.54, 1.807) is 0 Å². The number of rotatable bonds is 2.